The Hall–Kier alpha value is -1.45. The molecule has 0 saturated heterocycles. The van der Waals surface area contributed by atoms with Crippen LogP contribution in [0.4, 0.5) is 4.79 Å². The van der Waals surface area contributed by atoms with Crippen molar-refractivity contribution >= 4 is 6.16 Å². The van der Waals surface area contributed by atoms with Gasteiger partial charge in [-0.15, -0.1) is 0 Å². The molecule has 0 aromatic carbocycles. The standard InChI is InChI=1S/C7H9N.CH2O3/c1-5-4-7-6(5)2-3-8-7;2-1(3)4/h2-3,5,8H,4H2,1H3;(H2,2,3,4). The molecular formula is C8H11NO3. The van der Waals surface area contributed by atoms with Crippen LogP contribution in [-0.2, 0) is 6.42 Å². The zero-order valence-electron chi connectivity index (χ0n) is 6.74. The van der Waals surface area contributed by atoms with Crippen LogP contribution in [-0.4, -0.2) is 21.4 Å². The van der Waals surface area contributed by atoms with E-state index in [9.17, 15) is 0 Å². The number of aromatic amines is 1. The Bertz CT molecular complexity index is 276. The summed E-state index contributed by atoms with van der Waals surface area (Å²) in [5.74, 6) is 0.816. The van der Waals surface area contributed by atoms with Crippen LogP contribution >= 0.6 is 0 Å². The lowest BCUT2D eigenvalue weighted by molar-refractivity contribution is 0.137. The van der Waals surface area contributed by atoms with Gasteiger partial charge in [0.2, 0.25) is 0 Å². The van der Waals surface area contributed by atoms with Crippen molar-refractivity contribution in [1.82, 2.24) is 4.98 Å². The molecule has 0 bridgehead atoms. The highest BCUT2D eigenvalue weighted by molar-refractivity contribution is 5.53. The van der Waals surface area contributed by atoms with Crippen molar-refractivity contribution in [3.63, 3.8) is 0 Å². The van der Waals surface area contributed by atoms with E-state index in [0.29, 0.717) is 0 Å². The molecule has 1 aromatic rings. The van der Waals surface area contributed by atoms with Crippen LogP contribution in [0, 0.1) is 0 Å². The molecule has 2 rings (SSSR count). The molecule has 4 heteroatoms. The van der Waals surface area contributed by atoms with E-state index in [1.165, 1.54) is 17.7 Å². The van der Waals surface area contributed by atoms with Crippen molar-refractivity contribution in [3.05, 3.63) is 23.5 Å². The van der Waals surface area contributed by atoms with Crippen LogP contribution in [0.5, 0.6) is 0 Å². The number of nitrogens with one attached hydrogen (secondary N) is 1. The van der Waals surface area contributed by atoms with Gasteiger partial charge in [0.1, 0.15) is 0 Å². The predicted molar refractivity (Wildman–Crippen MR) is 43.6 cm³/mol. The SMILES string of the molecule is CC1Cc2[nH]ccc21.O=C(O)O. The summed E-state index contributed by atoms with van der Waals surface area (Å²) in [6, 6.07) is 2.17. The summed E-state index contributed by atoms with van der Waals surface area (Å²) in [6.07, 6.45) is 1.44. The van der Waals surface area contributed by atoms with E-state index in [1.54, 1.807) is 0 Å². The fraction of sp³-hybridized carbons (Fsp3) is 0.375. The van der Waals surface area contributed by atoms with Crippen LogP contribution in [0.3, 0.4) is 0 Å². The van der Waals surface area contributed by atoms with Gasteiger partial charge in [-0.25, -0.2) is 4.79 Å². The topological polar surface area (TPSA) is 73.3 Å². The van der Waals surface area contributed by atoms with E-state index in [1.807, 2.05) is 6.20 Å². The molecule has 0 spiro atoms. The van der Waals surface area contributed by atoms with Crippen LogP contribution in [0.2, 0.25) is 0 Å². The third-order valence-corrected chi connectivity index (χ3v) is 1.91. The number of aromatic nitrogens is 1. The largest absolute Gasteiger partial charge is 0.503 e. The van der Waals surface area contributed by atoms with Gasteiger partial charge in [-0.2, -0.15) is 0 Å². The van der Waals surface area contributed by atoms with Crippen LogP contribution in [0.15, 0.2) is 12.3 Å². The second-order valence-corrected chi connectivity index (χ2v) is 2.80. The van der Waals surface area contributed by atoms with Gasteiger partial charge in [0.15, 0.2) is 0 Å². The molecule has 1 aliphatic carbocycles. The summed E-state index contributed by atoms with van der Waals surface area (Å²) in [6.45, 7) is 2.26. The van der Waals surface area contributed by atoms with Crippen LogP contribution < -0.4 is 0 Å². The molecule has 66 valence electrons. The maximum atomic E-state index is 8.56. The van der Waals surface area contributed by atoms with E-state index in [0.717, 1.165) is 5.92 Å². The molecule has 1 unspecified atom stereocenters. The fourth-order valence-electron chi connectivity index (χ4n) is 1.34. The second kappa shape index (κ2) is 3.30. The Labute approximate surface area is 69.9 Å². The lowest BCUT2D eigenvalue weighted by Gasteiger charge is -2.21. The van der Waals surface area contributed by atoms with Gasteiger partial charge >= 0.3 is 6.16 Å². The second-order valence-electron chi connectivity index (χ2n) is 2.80. The average Bonchev–Trinajstić information content (AvgIpc) is 2.28. The summed E-state index contributed by atoms with van der Waals surface area (Å²) < 4.78 is 0. The van der Waals surface area contributed by atoms with Crippen molar-refractivity contribution in [2.24, 2.45) is 0 Å². The Morgan fingerprint density at radius 3 is 2.58 bits per heavy atom. The maximum Gasteiger partial charge on any atom is 0.503 e. The quantitative estimate of drug-likeness (QED) is 0.555. The molecule has 0 radical (unpaired) electrons. The Morgan fingerprint density at radius 1 is 1.67 bits per heavy atom. The normalized spacial score (nSPS) is 18.2. The minimum Gasteiger partial charge on any atom is -0.450 e. The number of rotatable bonds is 0. The summed E-state index contributed by atoms with van der Waals surface area (Å²) in [5, 5.41) is 13.9. The molecule has 0 fully saturated rings. The number of fused-ring (bicyclic) bond motifs is 1. The Kier molecular flexibility index (Phi) is 2.38. The molecule has 12 heavy (non-hydrogen) atoms. The Morgan fingerprint density at radius 2 is 2.25 bits per heavy atom. The summed E-state index contributed by atoms with van der Waals surface area (Å²) >= 11 is 0. The number of hydrogen-bond acceptors (Lipinski definition) is 1. The fourth-order valence-corrected chi connectivity index (χ4v) is 1.34. The molecule has 4 nitrogen and oxygen atoms in total. The van der Waals surface area contributed by atoms with Gasteiger partial charge in [-0.3, -0.25) is 0 Å². The molecule has 0 amide bonds. The maximum absolute atomic E-state index is 8.56. The number of carbonyl (C=O) groups is 1. The first-order valence-corrected chi connectivity index (χ1v) is 3.69. The molecule has 0 saturated carbocycles. The van der Waals surface area contributed by atoms with Crippen molar-refractivity contribution in [2.45, 2.75) is 19.3 Å². The first kappa shape index (κ1) is 8.64. The third-order valence-electron chi connectivity index (χ3n) is 1.91. The molecule has 1 aromatic heterocycles. The monoisotopic (exact) mass is 169 g/mol. The van der Waals surface area contributed by atoms with Gasteiger partial charge in [0.25, 0.3) is 0 Å². The smallest absolute Gasteiger partial charge is 0.450 e. The molecule has 1 atom stereocenters. The van der Waals surface area contributed by atoms with Crippen LogP contribution in [0.1, 0.15) is 24.1 Å². The lowest BCUT2D eigenvalue weighted by atomic mass is 9.85. The molecule has 1 aliphatic rings. The number of hydrogen-bond donors (Lipinski definition) is 3. The summed E-state index contributed by atoms with van der Waals surface area (Å²) in [5.41, 5.74) is 2.96. The van der Waals surface area contributed by atoms with E-state index >= 15 is 0 Å². The molecule has 3 N–H and O–H groups in total. The lowest BCUT2D eigenvalue weighted by Crippen LogP contribution is -2.11. The highest BCUT2D eigenvalue weighted by Gasteiger charge is 2.21. The summed E-state index contributed by atoms with van der Waals surface area (Å²) in [7, 11) is 0. The zero-order valence-corrected chi connectivity index (χ0v) is 6.74. The van der Waals surface area contributed by atoms with Crippen molar-refractivity contribution in [1.29, 1.82) is 0 Å². The Balaban J connectivity index is 0.000000157. The highest BCUT2D eigenvalue weighted by Crippen LogP contribution is 2.32. The predicted octanol–water partition coefficient (Wildman–Crippen LogP) is 1.90. The summed E-state index contributed by atoms with van der Waals surface area (Å²) in [4.78, 5) is 11.7. The van der Waals surface area contributed by atoms with Gasteiger partial charge in [0, 0.05) is 11.9 Å². The van der Waals surface area contributed by atoms with Gasteiger partial charge in [-0.1, -0.05) is 6.92 Å². The first-order chi connectivity index (χ1) is 5.61. The van der Waals surface area contributed by atoms with Crippen molar-refractivity contribution in [2.75, 3.05) is 0 Å². The minimum absolute atomic E-state index is 0.816. The molecular weight excluding hydrogens is 158 g/mol. The molecule has 0 aliphatic heterocycles. The van der Waals surface area contributed by atoms with Crippen molar-refractivity contribution < 1.29 is 15.0 Å². The highest BCUT2D eigenvalue weighted by atomic mass is 16.6. The molecule has 1 heterocycles. The van der Waals surface area contributed by atoms with E-state index in [-0.39, 0.29) is 0 Å². The van der Waals surface area contributed by atoms with Crippen LogP contribution in [0.25, 0.3) is 0 Å². The van der Waals surface area contributed by atoms with Crippen molar-refractivity contribution in [3.8, 4) is 0 Å². The third kappa shape index (κ3) is 1.78. The van der Waals surface area contributed by atoms with Gasteiger partial charge in [0.05, 0.1) is 0 Å². The van der Waals surface area contributed by atoms with Gasteiger partial charge in [-0.05, 0) is 24.0 Å². The average molecular weight is 169 g/mol. The minimum atomic E-state index is -1.83. The number of carboxylic acid groups (broad SMARTS) is 2. The van der Waals surface area contributed by atoms with E-state index < -0.39 is 6.16 Å². The number of H-pyrrole nitrogens is 1. The first-order valence-electron chi connectivity index (χ1n) is 3.69. The van der Waals surface area contributed by atoms with E-state index in [4.69, 9.17) is 15.0 Å². The van der Waals surface area contributed by atoms with E-state index in [2.05, 4.69) is 18.0 Å². The zero-order chi connectivity index (χ0) is 9.14. The van der Waals surface area contributed by atoms with Gasteiger partial charge < -0.3 is 15.2 Å².